The Morgan fingerprint density at radius 1 is 1.35 bits per heavy atom. The van der Waals surface area contributed by atoms with E-state index in [-0.39, 0.29) is 24.6 Å². The highest BCUT2D eigenvalue weighted by atomic mass is 19.1. The lowest BCUT2D eigenvalue weighted by Crippen LogP contribution is -2.26. The minimum atomic E-state index is -0.928. The normalized spacial score (nSPS) is 11.9. The molecule has 0 radical (unpaired) electrons. The minimum Gasteiger partial charge on any atom is -0.481 e. The van der Waals surface area contributed by atoms with Crippen molar-refractivity contribution in [2.24, 2.45) is 0 Å². The molecule has 17 heavy (non-hydrogen) atoms. The van der Waals surface area contributed by atoms with E-state index in [0.717, 1.165) is 0 Å². The smallest absolute Gasteiger partial charge is 0.303 e. The fourth-order valence-corrected chi connectivity index (χ4v) is 1.53. The molecule has 1 unspecified atom stereocenters. The summed E-state index contributed by atoms with van der Waals surface area (Å²) in [5.41, 5.74) is 0.697. The van der Waals surface area contributed by atoms with Gasteiger partial charge in [-0.05, 0) is 24.1 Å². The number of hydrogen-bond donors (Lipinski definition) is 2. The standard InChI is InChI=1S/C12H14FNO3/c1-8(15)14-11(6-7-12(16)17)9-2-4-10(13)5-3-9/h2-5,11H,6-7H2,1H3,(H,14,15)(H,16,17). The van der Waals surface area contributed by atoms with Crippen molar-refractivity contribution in [2.75, 3.05) is 0 Å². The van der Waals surface area contributed by atoms with Gasteiger partial charge in [-0.2, -0.15) is 0 Å². The van der Waals surface area contributed by atoms with E-state index in [1.54, 1.807) is 0 Å². The zero-order valence-corrected chi connectivity index (χ0v) is 9.44. The van der Waals surface area contributed by atoms with Gasteiger partial charge in [-0.3, -0.25) is 9.59 Å². The quantitative estimate of drug-likeness (QED) is 0.824. The van der Waals surface area contributed by atoms with E-state index in [1.165, 1.54) is 31.2 Å². The number of amides is 1. The molecule has 0 aliphatic carbocycles. The van der Waals surface area contributed by atoms with Crippen LogP contribution in [0.3, 0.4) is 0 Å². The molecule has 92 valence electrons. The summed E-state index contributed by atoms with van der Waals surface area (Å²) in [4.78, 5) is 21.5. The predicted octanol–water partition coefficient (Wildman–Crippen LogP) is 1.87. The van der Waals surface area contributed by atoms with Gasteiger partial charge >= 0.3 is 5.97 Å². The van der Waals surface area contributed by atoms with Crippen molar-refractivity contribution in [2.45, 2.75) is 25.8 Å². The second-order valence-electron chi connectivity index (χ2n) is 3.74. The average molecular weight is 239 g/mol. The molecule has 1 aromatic rings. The molecule has 0 saturated heterocycles. The van der Waals surface area contributed by atoms with E-state index in [1.807, 2.05) is 0 Å². The van der Waals surface area contributed by atoms with Crippen LogP contribution in [-0.4, -0.2) is 17.0 Å². The fourth-order valence-electron chi connectivity index (χ4n) is 1.53. The van der Waals surface area contributed by atoms with E-state index < -0.39 is 12.0 Å². The number of carbonyl (C=O) groups excluding carboxylic acids is 1. The third kappa shape index (κ3) is 4.63. The van der Waals surface area contributed by atoms with Crippen LogP contribution >= 0.6 is 0 Å². The maximum atomic E-state index is 12.7. The molecule has 1 rings (SSSR count). The Labute approximate surface area is 98.5 Å². The van der Waals surface area contributed by atoms with Gasteiger partial charge in [0.05, 0.1) is 6.04 Å². The summed E-state index contributed by atoms with van der Waals surface area (Å²) in [5, 5.41) is 11.3. The van der Waals surface area contributed by atoms with Gasteiger partial charge in [0, 0.05) is 13.3 Å². The van der Waals surface area contributed by atoms with Crippen molar-refractivity contribution in [1.29, 1.82) is 0 Å². The van der Waals surface area contributed by atoms with Crippen molar-refractivity contribution in [3.8, 4) is 0 Å². The first-order valence-corrected chi connectivity index (χ1v) is 5.23. The number of benzene rings is 1. The molecule has 0 saturated carbocycles. The number of hydrogen-bond acceptors (Lipinski definition) is 2. The Kier molecular flexibility index (Phi) is 4.63. The largest absolute Gasteiger partial charge is 0.481 e. The second-order valence-corrected chi connectivity index (χ2v) is 3.74. The van der Waals surface area contributed by atoms with Crippen molar-refractivity contribution in [1.82, 2.24) is 5.32 Å². The second kappa shape index (κ2) is 5.98. The summed E-state index contributed by atoms with van der Waals surface area (Å²) in [6, 6.07) is 5.25. The maximum absolute atomic E-state index is 12.7. The Balaban J connectivity index is 2.77. The topological polar surface area (TPSA) is 66.4 Å². The van der Waals surface area contributed by atoms with Gasteiger partial charge in [-0.1, -0.05) is 12.1 Å². The van der Waals surface area contributed by atoms with E-state index in [2.05, 4.69) is 5.32 Å². The van der Waals surface area contributed by atoms with Crippen LogP contribution in [0.4, 0.5) is 4.39 Å². The highest BCUT2D eigenvalue weighted by Crippen LogP contribution is 2.18. The molecule has 0 bridgehead atoms. The number of rotatable bonds is 5. The van der Waals surface area contributed by atoms with E-state index in [0.29, 0.717) is 5.56 Å². The van der Waals surface area contributed by atoms with Gasteiger partial charge in [0.25, 0.3) is 0 Å². The molecule has 0 aromatic heterocycles. The zero-order valence-electron chi connectivity index (χ0n) is 9.44. The predicted molar refractivity (Wildman–Crippen MR) is 59.8 cm³/mol. The van der Waals surface area contributed by atoms with Gasteiger partial charge in [-0.25, -0.2) is 4.39 Å². The first kappa shape index (κ1) is 13.2. The lowest BCUT2D eigenvalue weighted by Gasteiger charge is -2.17. The van der Waals surface area contributed by atoms with Gasteiger partial charge in [0.15, 0.2) is 0 Å². The van der Waals surface area contributed by atoms with Gasteiger partial charge in [-0.15, -0.1) is 0 Å². The molecule has 2 N–H and O–H groups in total. The molecule has 5 heteroatoms. The monoisotopic (exact) mass is 239 g/mol. The first-order valence-electron chi connectivity index (χ1n) is 5.23. The first-order chi connectivity index (χ1) is 7.99. The molecular weight excluding hydrogens is 225 g/mol. The fraction of sp³-hybridized carbons (Fsp3) is 0.333. The van der Waals surface area contributed by atoms with Crippen LogP contribution < -0.4 is 5.32 Å². The number of carboxylic acids is 1. The molecule has 1 atom stereocenters. The summed E-state index contributed by atoms with van der Waals surface area (Å²) in [6.45, 7) is 1.36. The lowest BCUT2D eigenvalue weighted by molar-refractivity contribution is -0.137. The summed E-state index contributed by atoms with van der Waals surface area (Å²) >= 11 is 0. The molecule has 1 aromatic carbocycles. The molecule has 1 amide bonds. The summed E-state index contributed by atoms with van der Waals surface area (Å²) in [5.74, 6) is -1.54. The lowest BCUT2D eigenvalue weighted by atomic mass is 10.0. The van der Waals surface area contributed by atoms with Crippen molar-refractivity contribution < 1.29 is 19.1 Å². The van der Waals surface area contributed by atoms with E-state index >= 15 is 0 Å². The highest BCUT2D eigenvalue weighted by Gasteiger charge is 2.14. The van der Waals surface area contributed by atoms with Crippen molar-refractivity contribution >= 4 is 11.9 Å². The average Bonchev–Trinajstić information content (AvgIpc) is 2.25. The summed E-state index contributed by atoms with van der Waals surface area (Å²) in [7, 11) is 0. The Morgan fingerprint density at radius 3 is 2.41 bits per heavy atom. The Bertz CT molecular complexity index is 403. The summed E-state index contributed by atoms with van der Waals surface area (Å²) in [6.07, 6.45) is 0.225. The van der Waals surface area contributed by atoms with Crippen molar-refractivity contribution in [3.63, 3.8) is 0 Å². The third-order valence-electron chi connectivity index (χ3n) is 2.30. The highest BCUT2D eigenvalue weighted by molar-refractivity contribution is 5.73. The minimum absolute atomic E-state index is 0.0533. The molecule has 0 fully saturated rings. The van der Waals surface area contributed by atoms with Crippen LogP contribution in [0, 0.1) is 5.82 Å². The van der Waals surface area contributed by atoms with Crippen LogP contribution in [0.2, 0.25) is 0 Å². The van der Waals surface area contributed by atoms with Gasteiger partial charge < -0.3 is 10.4 Å². The van der Waals surface area contributed by atoms with Crippen LogP contribution in [0.5, 0.6) is 0 Å². The Morgan fingerprint density at radius 2 is 1.94 bits per heavy atom. The van der Waals surface area contributed by atoms with Crippen LogP contribution in [0.1, 0.15) is 31.4 Å². The number of nitrogens with one attached hydrogen (secondary N) is 1. The van der Waals surface area contributed by atoms with Crippen LogP contribution in [0.25, 0.3) is 0 Å². The number of aliphatic carboxylic acids is 1. The number of halogens is 1. The van der Waals surface area contributed by atoms with Crippen molar-refractivity contribution in [3.05, 3.63) is 35.6 Å². The molecule has 0 aliphatic rings. The van der Waals surface area contributed by atoms with Gasteiger partial charge in [0.2, 0.25) is 5.91 Å². The zero-order chi connectivity index (χ0) is 12.8. The molecule has 4 nitrogen and oxygen atoms in total. The van der Waals surface area contributed by atoms with E-state index in [4.69, 9.17) is 5.11 Å². The number of carboxylic acid groups (broad SMARTS) is 1. The maximum Gasteiger partial charge on any atom is 0.303 e. The summed E-state index contributed by atoms with van der Waals surface area (Å²) < 4.78 is 12.7. The molecule has 0 spiro atoms. The molecule has 0 heterocycles. The van der Waals surface area contributed by atoms with Gasteiger partial charge in [0.1, 0.15) is 5.82 Å². The third-order valence-corrected chi connectivity index (χ3v) is 2.30. The van der Waals surface area contributed by atoms with Crippen LogP contribution in [0.15, 0.2) is 24.3 Å². The van der Waals surface area contributed by atoms with E-state index in [9.17, 15) is 14.0 Å². The SMILES string of the molecule is CC(=O)NC(CCC(=O)O)c1ccc(F)cc1. The number of carbonyl (C=O) groups is 2. The molecular formula is C12H14FNO3. The molecule has 0 aliphatic heterocycles. The van der Waals surface area contributed by atoms with Crippen LogP contribution in [-0.2, 0) is 9.59 Å². The Hall–Kier alpha value is -1.91.